The molecule has 176 valence electrons. The SMILES string of the molecule is O=C1CN2CCN(CC2)Cc2cccc(c2)Nc2cc(ccn2)-c2cnc(nc2)NCCCN1. The van der Waals surface area contributed by atoms with Crippen molar-refractivity contribution in [1.29, 1.82) is 0 Å². The molecule has 7 heterocycles. The van der Waals surface area contributed by atoms with Gasteiger partial charge in [-0.05, 0) is 41.8 Å². The zero-order valence-corrected chi connectivity index (χ0v) is 19.2. The van der Waals surface area contributed by atoms with E-state index in [1.54, 1.807) is 6.20 Å². The van der Waals surface area contributed by atoms with Crippen LogP contribution in [-0.4, -0.2) is 76.5 Å². The van der Waals surface area contributed by atoms with Crippen molar-refractivity contribution in [2.24, 2.45) is 0 Å². The van der Waals surface area contributed by atoms with E-state index in [-0.39, 0.29) is 5.91 Å². The molecular formula is C25H30N8O. The lowest BCUT2D eigenvalue weighted by molar-refractivity contribution is -0.122. The largest absolute Gasteiger partial charge is 0.355 e. The lowest BCUT2D eigenvalue weighted by Gasteiger charge is -2.34. The van der Waals surface area contributed by atoms with Crippen LogP contribution in [0.1, 0.15) is 12.0 Å². The van der Waals surface area contributed by atoms with Gasteiger partial charge in [-0.25, -0.2) is 15.0 Å². The highest BCUT2D eigenvalue weighted by Crippen LogP contribution is 2.23. The summed E-state index contributed by atoms with van der Waals surface area (Å²) in [5.41, 5.74) is 4.18. The Kier molecular flexibility index (Phi) is 6.92. The Labute approximate surface area is 199 Å². The minimum Gasteiger partial charge on any atom is -0.355 e. The number of rotatable bonds is 0. The number of piperazine rings is 1. The number of nitrogens with one attached hydrogen (secondary N) is 3. The third-order valence-corrected chi connectivity index (χ3v) is 6.14. The number of pyridine rings is 1. The monoisotopic (exact) mass is 458 g/mol. The average Bonchev–Trinajstić information content (AvgIpc) is 2.85. The van der Waals surface area contributed by atoms with Gasteiger partial charge in [-0.2, -0.15) is 0 Å². The molecule has 1 fully saturated rings. The maximum atomic E-state index is 12.3. The third-order valence-electron chi connectivity index (χ3n) is 6.14. The van der Waals surface area contributed by atoms with Gasteiger partial charge in [0.2, 0.25) is 11.9 Å². The molecule has 34 heavy (non-hydrogen) atoms. The minimum absolute atomic E-state index is 0.0848. The molecule has 0 spiro atoms. The van der Waals surface area contributed by atoms with Crippen molar-refractivity contribution < 1.29 is 4.79 Å². The van der Waals surface area contributed by atoms with Crippen LogP contribution < -0.4 is 16.0 Å². The quantitative estimate of drug-likeness (QED) is 0.472. The number of nitrogens with zero attached hydrogens (tertiary/aromatic N) is 5. The fourth-order valence-corrected chi connectivity index (χ4v) is 4.28. The molecule has 9 nitrogen and oxygen atoms in total. The number of carbonyl (C=O) groups excluding carboxylic acids is 1. The number of hydrogen-bond donors (Lipinski definition) is 3. The van der Waals surface area contributed by atoms with E-state index in [2.05, 4.69) is 65.0 Å². The molecule has 0 unspecified atom stereocenters. The molecule has 5 aliphatic rings. The lowest BCUT2D eigenvalue weighted by atomic mass is 10.1. The number of amides is 1. The first-order valence-electron chi connectivity index (χ1n) is 11.8. The van der Waals surface area contributed by atoms with Gasteiger partial charge in [0.25, 0.3) is 0 Å². The van der Waals surface area contributed by atoms with Gasteiger partial charge in [-0.15, -0.1) is 0 Å². The van der Waals surface area contributed by atoms with E-state index >= 15 is 0 Å². The maximum Gasteiger partial charge on any atom is 0.234 e. The van der Waals surface area contributed by atoms with Crippen molar-refractivity contribution in [2.75, 3.05) is 56.4 Å². The third kappa shape index (κ3) is 5.86. The maximum absolute atomic E-state index is 12.3. The summed E-state index contributed by atoms with van der Waals surface area (Å²) in [4.78, 5) is 30.3. The van der Waals surface area contributed by atoms with Crippen molar-refractivity contribution in [3.05, 3.63) is 60.6 Å². The summed E-state index contributed by atoms with van der Waals surface area (Å²) in [5.74, 6) is 1.44. The molecule has 5 aliphatic heterocycles. The average molecular weight is 459 g/mol. The Hall–Kier alpha value is -3.56. The van der Waals surface area contributed by atoms with E-state index in [0.717, 1.165) is 61.8 Å². The Morgan fingerprint density at radius 3 is 2.38 bits per heavy atom. The van der Waals surface area contributed by atoms with Gasteiger partial charge in [-0.1, -0.05) is 12.1 Å². The predicted octanol–water partition coefficient (Wildman–Crippen LogP) is 2.33. The highest BCUT2D eigenvalue weighted by atomic mass is 16.2. The summed E-state index contributed by atoms with van der Waals surface area (Å²) in [6, 6.07) is 12.4. The van der Waals surface area contributed by atoms with Crippen LogP contribution in [0.3, 0.4) is 0 Å². The molecule has 1 saturated heterocycles. The molecule has 9 heteroatoms. The topological polar surface area (TPSA) is 98.3 Å². The van der Waals surface area contributed by atoms with Gasteiger partial charge in [0.15, 0.2) is 0 Å². The van der Waals surface area contributed by atoms with Gasteiger partial charge in [0.1, 0.15) is 5.82 Å². The Morgan fingerprint density at radius 1 is 0.794 bits per heavy atom. The van der Waals surface area contributed by atoms with Crippen LogP contribution in [-0.2, 0) is 11.3 Å². The number of aromatic nitrogens is 3. The first kappa shape index (κ1) is 22.2. The minimum atomic E-state index is 0.0848. The summed E-state index contributed by atoms with van der Waals surface area (Å²) in [6.07, 6.45) is 6.22. The molecule has 1 amide bonds. The zero-order valence-electron chi connectivity index (χ0n) is 19.2. The van der Waals surface area contributed by atoms with Crippen LogP contribution in [0.15, 0.2) is 55.0 Å². The van der Waals surface area contributed by atoms with Crippen LogP contribution in [0, 0.1) is 0 Å². The first-order valence-corrected chi connectivity index (χ1v) is 11.8. The fraction of sp³-hybridized carbons (Fsp3) is 0.360. The van der Waals surface area contributed by atoms with Crippen molar-refractivity contribution in [1.82, 2.24) is 30.1 Å². The Bertz CT molecular complexity index is 1110. The number of anilines is 3. The second-order valence-corrected chi connectivity index (χ2v) is 8.73. The van der Waals surface area contributed by atoms with Crippen molar-refractivity contribution in [2.45, 2.75) is 13.0 Å². The lowest BCUT2D eigenvalue weighted by Crippen LogP contribution is -2.49. The second-order valence-electron chi connectivity index (χ2n) is 8.73. The van der Waals surface area contributed by atoms with E-state index in [9.17, 15) is 4.79 Å². The molecule has 8 bridgehead atoms. The first-order chi connectivity index (χ1) is 16.7. The molecule has 1 aromatic carbocycles. The van der Waals surface area contributed by atoms with Crippen LogP contribution >= 0.6 is 0 Å². The van der Waals surface area contributed by atoms with Crippen LogP contribution in [0.2, 0.25) is 0 Å². The zero-order chi connectivity index (χ0) is 23.2. The molecule has 0 aliphatic carbocycles. The van der Waals surface area contributed by atoms with Crippen molar-refractivity contribution in [3.63, 3.8) is 0 Å². The van der Waals surface area contributed by atoms with Crippen molar-refractivity contribution >= 4 is 23.4 Å². The number of carbonyl (C=O) groups is 1. The molecule has 0 atom stereocenters. The van der Waals surface area contributed by atoms with E-state index in [4.69, 9.17) is 0 Å². The van der Waals surface area contributed by atoms with Crippen LogP contribution in [0.25, 0.3) is 11.1 Å². The molecule has 0 saturated carbocycles. The van der Waals surface area contributed by atoms with E-state index in [0.29, 0.717) is 25.6 Å². The van der Waals surface area contributed by atoms with E-state index < -0.39 is 0 Å². The summed E-state index contributed by atoms with van der Waals surface area (Å²) in [7, 11) is 0. The Morgan fingerprint density at radius 2 is 1.56 bits per heavy atom. The molecular weight excluding hydrogens is 428 g/mol. The van der Waals surface area contributed by atoms with Gasteiger partial charge >= 0.3 is 0 Å². The number of benzene rings is 1. The molecule has 0 radical (unpaired) electrons. The highest BCUT2D eigenvalue weighted by molar-refractivity contribution is 5.78. The molecule has 3 N–H and O–H groups in total. The Balaban J connectivity index is 1.35. The van der Waals surface area contributed by atoms with Gasteiger partial charge < -0.3 is 16.0 Å². The van der Waals surface area contributed by atoms with Crippen LogP contribution in [0.4, 0.5) is 17.5 Å². The molecule has 8 rings (SSSR count). The van der Waals surface area contributed by atoms with Crippen LogP contribution in [0.5, 0.6) is 0 Å². The smallest absolute Gasteiger partial charge is 0.234 e. The summed E-state index contributed by atoms with van der Waals surface area (Å²) in [6.45, 7) is 6.38. The van der Waals surface area contributed by atoms with E-state index in [1.165, 1.54) is 5.56 Å². The highest BCUT2D eigenvalue weighted by Gasteiger charge is 2.19. The standard InChI is InChI=1S/C25H30N8O/c34-24-18-33-11-9-32(10-12-33)17-19-3-1-4-22(13-19)31-23-14-20(5-8-26-23)21-15-29-25(30-16-21)28-7-2-6-27-24/h1,3-5,8,13-16H,2,6-7,9-12,17-18H2,(H,26,31)(H,27,34)(H,28,29,30). The summed E-state index contributed by atoms with van der Waals surface area (Å²) < 4.78 is 0. The van der Waals surface area contributed by atoms with E-state index in [1.807, 2.05) is 24.5 Å². The predicted molar refractivity (Wildman–Crippen MR) is 133 cm³/mol. The summed E-state index contributed by atoms with van der Waals surface area (Å²) >= 11 is 0. The van der Waals surface area contributed by atoms with Gasteiger partial charge in [0.05, 0.1) is 6.54 Å². The van der Waals surface area contributed by atoms with Crippen molar-refractivity contribution in [3.8, 4) is 11.1 Å². The number of hydrogen-bond acceptors (Lipinski definition) is 8. The van der Waals surface area contributed by atoms with Gasteiger partial charge in [-0.3, -0.25) is 14.6 Å². The summed E-state index contributed by atoms with van der Waals surface area (Å²) in [5, 5.41) is 9.67. The fourth-order valence-electron chi connectivity index (χ4n) is 4.28. The normalized spacial score (nSPS) is 21.2. The molecule has 2 aromatic heterocycles. The van der Waals surface area contributed by atoms with Gasteiger partial charge in [0, 0.05) is 75.7 Å². The molecule has 3 aromatic rings. The second kappa shape index (κ2) is 10.6.